The first-order valence-electron chi connectivity index (χ1n) is 7.56. The highest BCUT2D eigenvalue weighted by atomic mass is 16.5. The van der Waals surface area contributed by atoms with E-state index in [0.717, 1.165) is 10.5 Å². The van der Waals surface area contributed by atoms with Crippen LogP contribution >= 0.6 is 0 Å². The second-order valence-corrected chi connectivity index (χ2v) is 5.51. The van der Waals surface area contributed by atoms with E-state index in [2.05, 4.69) is 5.32 Å². The topological polar surface area (TPSA) is 88.8 Å². The maximum atomic E-state index is 12.6. The standard InChI is InChI=1S/C18H16N2O5/c1-11-3-6-14(25-11)9-15-16(21)19-18(23)20(17(15)22)10-12-4-7-13(24-2)8-5-12/h3-9H,10H2,1-2H3,(H,19,21,23)/b15-9-. The molecule has 0 saturated carbocycles. The van der Waals surface area contributed by atoms with Crippen molar-refractivity contribution in [1.82, 2.24) is 10.2 Å². The van der Waals surface area contributed by atoms with Gasteiger partial charge in [-0.3, -0.25) is 19.8 Å². The summed E-state index contributed by atoms with van der Waals surface area (Å²) in [6, 6.07) is 9.57. The summed E-state index contributed by atoms with van der Waals surface area (Å²) in [6.07, 6.45) is 1.33. The van der Waals surface area contributed by atoms with Gasteiger partial charge in [-0.15, -0.1) is 0 Å². The molecule has 1 saturated heterocycles. The van der Waals surface area contributed by atoms with E-state index >= 15 is 0 Å². The number of methoxy groups -OCH3 is 1. The van der Waals surface area contributed by atoms with Crippen molar-refractivity contribution in [3.8, 4) is 5.75 Å². The molecule has 1 aromatic heterocycles. The number of rotatable bonds is 4. The summed E-state index contributed by atoms with van der Waals surface area (Å²) in [5.74, 6) is 0.284. The third kappa shape index (κ3) is 3.45. The lowest BCUT2D eigenvalue weighted by molar-refractivity contribution is -0.130. The van der Waals surface area contributed by atoms with Gasteiger partial charge in [-0.25, -0.2) is 4.79 Å². The summed E-state index contributed by atoms with van der Waals surface area (Å²) in [5.41, 5.74) is 0.578. The smallest absolute Gasteiger partial charge is 0.331 e. The van der Waals surface area contributed by atoms with Crippen molar-refractivity contribution in [2.45, 2.75) is 13.5 Å². The van der Waals surface area contributed by atoms with Crippen LogP contribution in [0, 0.1) is 6.92 Å². The van der Waals surface area contributed by atoms with Crippen LogP contribution in [0.1, 0.15) is 17.1 Å². The SMILES string of the molecule is COc1ccc(CN2C(=O)NC(=O)/C(=C/c3ccc(C)o3)C2=O)cc1. The van der Waals surface area contributed by atoms with Crippen LogP contribution in [0.3, 0.4) is 0 Å². The van der Waals surface area contributed by atoms with E-state index in [0.29, 0.717) is 17.3 Å². The van der Waals surface area contributed by atoms with E-state index < -0.39 is 17.8 Å². The fraction of sp³-hybridized carbons (Fsp3) is 0.167. The van der Waals surface area contributed by atoms with Gasteiger partial charge in [0.15, 0.2) is 0 Å². The number of nitrogens with zero attached hydrogens (tertiary/aromatic N) is 1. The molecule has 1 aliphatic heterocycles. The molecule has 2 aromatic rings. The molecule has 4 amide bonds. The van der Waals surface area contributed by atoms with Crippen LogP contribution < -0.4 is 10.1 Å². The zero-order valence-corrected chi connectivity index (χ0v) is 13.7. The molecule has 0 radical (unpaired) electrons. The number of carbonyl (C=O) groups is 3. The Kier molecular flexibility index (Phi) is 4.38. The molecule has 1 aliphatic rings. The predicted octanol–water partition coefficient (Wildman–Crippen LogP) is 2.26. The molecule has 1 N–H and O–H groups in total. The summed E-state index contributed by atoms with van der Waals surface area (Å²) < 4.78 is 10.4. The number of barbiturate groups is 1. The Hall–Kier alpha value is -3.35. The number of ether oxygens (including phenoxy) is 1. The maximum absolute atomic E-state index is 12.6. The number of carbonyl (C=O) groups excluding carboxylic acids is 3. The van der Waals surface area contributed by atoms with E-state index in [4.69, 9.17) is 9.15 Å². The number of nitrogens with one attached hydrogen (secondary N) is 1. The highest BCUT2D eigenvalue weighted by Crippen LogP contribution is 2.19. The monoisotopic (exact) mass is 340 g/mol. The summed E-state index contributed by atoms with van der Waals surface area (Å²) in [6.45, 7) is 1.79. The maximum Gasteiger partial charge on any atom is 0.331 e. The van der Waals surface area contributed by atoms with Crippen LogP contribution in [0.2, 0.25) is 0 Å². The lowest BCUT2D eigenvalue weighted by Crippen LogP contribution is -2.53. The first-order valence-corrected chi connectivity index (χ1v) is 7.56. The minimum Gasteiger partial charge on any atom is -0.497 e. The van der Waals surface area contributed by atoms with Crippen LogP contribution in [0.15, 0.2) is 46.4 Å². The molecule has 2 heterocycles. The van der Waals surface area contributed by atoms with Crippen LogP contribution in [0.25, 0.3) is 6.08 Å². The molecule has 0 atom stereocenters. The van der Waals surface area contributed by atoms with Gasteiger partial charge in [-0.2, -0.15) is 0 Å². The van der Waals surface area contributed by atoms with Crippen molar-refractivity contribution in [3.63, 3.8) is 0 Å². The van der Waals surface area contributed by atoms with Crippen molar-refractivity contribution in [3.05, 3.63) is 59.1 Å². The van der Waals surface area contributed by atoms with Crippen molar-refractivity contribution in [2.24, 2.45) is 0 Å². The Morgan fingerprint density at radius 1 is 1.12 bits per heavy atom. The van der Waals surface area contributed by atoms with Crippen molar-refractivity contribution in [1.29, 1.82) is 0 Å². The lowest BCUT2D eigenvalue weighted by atomic mass is 10.1. The van der Waals surface area contributed by atoms with Gasteiger partial charge >= 0.3 is 6.03 Å². The number of hydrogen-bond donors (Lipinski definition) is 1. The fourth-order valence-electron chi connectivity index (χ4n) is 2.42. The Morgan fingerprint density at radius 3 is 2.44 bits per heavy atom. The first-order chi connectivity index (χ1) is 12.0. The number of amides is 4. The van der Waals surface area contributed by atoms with Crippen LogP contribution in [0.4, 0.5) is 4.79 Å². The molecule has 3 rings (SSSR count). The van der Waals surface area contributed by atoms with Crippen LogP contribution in [-0.4, -0.2) is 29.9 Å². The van der Waals surface area contributed by atoms with Gasteiger partial charge in [-0.05, 0) is 42.8 Å². The highest BCUT2D eigenvalue weighted by molar-refractivity contribution is 6.30. The average Bonchev–Trinajstić information content (AvgIpc) is 3.01. The van der Waals surface area contributed by atoms with E-state index in [-0.39, 0.29) is 12.1 Å². The first kappa shape index (κ1) is 16.5. The number of furan rings is 1. The van der Waals surface area contributed by atoms with E-state index in [1.807, 2.05) is 0 Å². The number of urea groups is 1. The van der Waals surface area contributed by atoms with Gasteiger partial charge in [0.25, 0.3) is 11.8 Å². The highest BCUT2D eigenvalue weighted by Gasteiger charge is 2.35. The van der Waals surface area contributed by atoms with E-state index in [1.165, 1.54) is 6.08 Å². The molecule has 128 valence electrons. The molecule has 7 nitrogen and oxygen atoms in total. The molecule has 0 aliphatic carbocycles. The average molecular weight is 340 g/mol. The Morgan fingerprint density at radius 2 is 1.84 bits per heavy atom. The van der Waals surface area contributed by atoms with E-state index in [1.54, 1.807) is 50.4 Å². The predicted molar refractivity (Wildman–Crippen MR) is 88.5 cm³/mol. The zero-order valence-electron chi connectivity index (χ0n) is 13.7. The lowest BCUT2D eigenvalue weighted by Gasteiger charge is -2.26. The molecule has 1 aromatic carbocycles. The minimum atomic E-state index is -0.751. The van der Waals surface area contributed by atoms with Gasteiger partial charge in [0.05, 0.1) is 13.7 Å². The molecule has 7 heteroatoms. The summed E-state index contributed by atoms with van der Waals surface area (Å²) in [4.78, 5) is 37.6. The van der Waals surface area contributed by atoms with Crippen molar-refractivity contribution < 1.29 is 23.5 Å². The quantitative estimate of drug-likeness (QED) is 0.681. The number of hydrogen-bond acceptors (Lipinski definition) is 5. The second-order valence-electron chi connectivity index (χ2n) is 5.51. The molecule has 0 spiro atoms. The second kappa shape index (κ2) is 6.64. The fourth-order valence-corrected chi connectivity index (χ4v) is 2.42. The van der Waals surface area contributed by atoms with Crippen LogP contribution in [0.5, 0.6) is 5.75 Å². The Balaban J connectivity index is 1.85. The molecule has 1 fully saturated rings. The van der Waals surface area contributed by atoms with Gasteiger partial charge < -0.3 is 9.15 Å². The number of aryl methyl sites for hydroxylation is 1. The molecule has 25 heavy (non-hydrogen) atoms. The van der Waals surface area contributed by atoms with Gasteiger partial charge in [0.2, 0.25) is 0 Å². The zero-order chi connectivity index (χ0) is 18.0. The number of benzene rings is 1. The largest absolute Gasteiger partial charge is 0.497 e. The van der Waals surface area contributed by atoms with Crippen molar-refractivity contribution in [2.75, 3.05) is 7.11 Å². The third-order valence-corrected chi connectivity index (χ3v) is 3.73. The van der Waals surface area contributed by atoms with Crippen LogP contribution in [-0.2, 0) is 16.1 Å². The summed E-state index contributed by atoms with van der Waals surface area (Å²) >= 11 is 0. The minimum absolute atomic E-state index is 0.0382. The number of imide groups is 2. The summed E-state index contributed by atoms with van der Waals surface area (Å²) in [5, 5.41) is 2.17. The Labute approximate surface area is 143 Å². The summed E-state index contributed by atoms with van der Waals surface area (Å²) in [7, 11) is 1.55. The normalized spacial score (nSPS) is 16.3. The molecular weight excluding hydrogens is 324 g/mol. The third-order valence-electron chi connectivity index (χ3n) is 3.73. The molecule has 0 unspecified atom stereocenters. The molecule has 0 bridgehead atoms. The van der Waals surface area contributed by atoms with E-state index in [9.17, 15) is 14.4 Å². The Bertz CT molecular complexity index is 864. The van der Waals surface area contributed by atoms with Gasteiger partial charge in [0, 0.05) is 0 Å². The molecular formula is C18H16N2O5. The van der Waals surface area contributed by atoms with Crippen molar-refractivity contribution >= 4 is 23.9 Å². The van der Waals surface area contributed by atoms with Gasteiger partial charge in [0.1, 0.15) is 22.8 Å². The van der Waals surface area contributed by atoms with Gasteiger partial charge in [-0.1, -0.05) is 12.1 Å².